The van der Waals surface area contributed by atoms with Crippen molar-refractivity contribution in [2.24, 2.45) is 0 Å². The molecule has 104 valence electrons. The van der Waals surface area contributed by atoms with Crippen molar-refractivity contribution in [1.82, 2.24) is 15.1 Å². The molecule has 1 aromatic rings. The van der Waals surface area contributed by atoms with E-state index in [1.165, 1.54) is 0 Å². The molecule has 2 aliphatic rings. The average Bonchev–Trinajstić information content (AvgIpc) is 2.84. The molecule has 2 heterocycles. The molecule has 1 aromatic heterocycles. The SMILES string of the molecule is CC1CN(C(=O)C2CCCc3[nH]ncc32)CC(C)O1. The first-order valence-corrected chi connectivity index (χ1v) is 7.11. The van der Waals surface area contributed by atoms with Gasteiger partial charge in [-0.25, -0.2) is 0 Å². The molecule has 3 atom stereocenters. The maximum atomic E-state index is 12.7. The van der Waals surface area contributed by atoms with Gasteiger partial charge in [-0.05, 0) is 33.1 Å². The van der Waals surface area contributed by atoms with E-state index in [0.29, 0.717) is 13.1 Å². The minimum absolute atomic E-state index is 0.0139. The van der Waals surface area contributed by atoms with Gasteiger partial charge in [0, 0.05) is 24.3 Å². The summed E-state index contributed by atoms with van der Waals surface area (Å²) in [6.45, 7) is 5.46. The van der Waals surface area contributed by atoms with Crippen molar-refractivity contribution in [2.75, 3.05) is 13.1 Å². The van der Waals surface area contributed by atoms with Crippen LogP contribution in [0.5, 0.6) is 0 Å². The Balaban J connectivity index is 1.78. The van der Waals surface area contributed by atoms with Crippen LogP contribution < -0.4 is 0 Å². The van der Waals surface area contributed by atoms with E-state index in [1.807, 2.05) is 24.9 Å². The average molecular weight is 263 g/mol. The van der Waals surface area contributed by atoms with E-state index in [1.54, 1.807) is 0 Å². The summed E-state index contributed by atoms with van der Waals surface area (Å²) < 4.78 is 5.70. The molecule has 5 heteroatoms. The van der Waals surface area contributed by atoms with Gasteiger partial charge in [0.05, 0.1) is 24.3 Å². The second-order valence-corrected chi connectivity index (χ2v) is 5.75. The lowest BCUT2D eigenvalue weighted by molar-refractivity contribution is -0.145. The van der Waals surface area contributed by atoms with Gasteiger partial charge in [-0.2, -0.15) is 5.10 Å². The van der Waals surface area contributed by atoms with Crippen molar-refractivity contribution in [3.05, 3.63) is 17.5 Å². The smallest absolute Gasteiger partial charge is 0.230 e. The number of nitrogens with one attached hydrogen (secondary N) is 1. The fourth-order valence-corrected chi connectivity index (χ4v) is 3.30. The van der Waals surface area contributed by atoms with Crippen LogP contribution >= 0.6 is 0 Å². The number of hydrogen-bond donors (Lipinski definition) is 1. The molecule has 1 saturated heterocycles. The number of nitrogens with zero attached hydrogens (tertiary/aromatic N) is 2. The predicted molar refractivity (Wildman–Crippen MR) is 70.9 cm³/mol. The largest absolute Gasteiger partial charge is 0.372 e. The Bertz CT molecular complexity index is 461. The number of rotatable bonds is 1. The maximum absolute atomic E-state index is 12.7. The second-order valence-electron chi connectivity index (χ2n) is 5.75. The summed E-state index contributed by atoms with van der Waals surface area (Å²) in [5.41, 5.74) is 2.24. The number of ether oxygens (including phenoxy) is 1. The summed E-state index contributed by atoms with van der Waals surface area (Å²) in [6, 6.07) is 0. The third-order valence-corrected chi connectivity index (χ3v) is 4.08. The molecule has 19 heavy (non-hydrogen) atoms. The summed E-state index contributed by atoms with van der Waals surface area (Å²) in [5, 5.41) is 7.11. The van der Waals surface area contributed by atoms with Crippen LogP contribution in [0.15, 0.2) is 6.20 Å². The fraction of sp³-hybridized carbons (Fsp3) is 0.714. The first-order chi connectivity index (χ1) is 9.15. The lowest BCUT2D eigenvalue weighted by Gasteiger charge is -2.37. The maximum Gasteiger partial charge on any atom is 0.230 e. The Morgan fingerprint density at radius 2 is 2.16 bits per heavy atom. The topological polar surface area (TPSA) is 58.2 Å². The van der Waals surface area contributed by atoms with Gasteiger partial charge in [0.15, 0.2) is 0 Å². The molecular weight excluding hydrogens is 242 g/mol. The lowest BCUT2D eigenvalue weighted by atomic mass is 9.86. The van der Waals surface area contributed by atoms with Crippen molar-refractivity contribution in [1.29, 1.82) is 0 Å². The molecule has 0 bridgehead atoms. The van der Waals surface area contributed by atoms with Gasteiger partial charge >= 0.3 is 0 Å². The van der Waals surface area contributed by atoms with E-state index in [9.17, 15) is 4.79 Å². The number of aryl methyl sites for hydroxylation is 1. The summed E-state index contributed by atoms with van der Waals surface area (Å²) in [7, 11) is 0. The van der Waals surface area contributed by atoms with E-state index in [-0.39, 0.29) is 24.0 Å². The fourth-order valence-electron chi connectivity index (χ4n) is 3.30. The molecule has 0 radical (unpaired) electrons. The number of carbonyl (C=O) groups is 1. The van der Waals surface area contributed by atoms with Gasteiger partial charge in [0.25, 0.3) is 0 Å². The van der Waals surface area contributed by atoms with E-state index in [0.717, 1.165) is 30.5 Å². The van der Waals surface area contributed by atoms with Crippen LogP contribution in [-0.4, -0.2) is 46.3 Å². The highest BCUT2D eigenvalue weighted by Crippen LogP contribution is 2.32. The number of aromatic amines is 1. The Labute approximate surface area is 113 Å². The molecule has 0 saturated carbocycles. The Kier molecular flexibility index (Phi) is 3.31. The van der Waals surface area contributed by atoms with E-state index >= 15 is 0 Å². The van der Waals surface area contributed by atoms with Crippen LogP contribution in [0.4, 0.5) is 0 Å². The Morgan fingerprint density at radius 1 is 1.42 bits per heavy atom. The zero-order chi connectivity index (χ0) is 13.4. The summed E-state index contributed by atoms with van der Waals surface area (Å²) in [5.74, 6) is 0.226. The zero-order valence-electron chi connectivity index (χ0n) is 11.6. The third kappa shape index (κ3) is 2.39. The van der Waals surface area contributed by atoms with Gasteiger partial charge in [0.1, 0.15) is 0 Å². The number of amides is 1. The highest BCUT2D eigenvalue weighted by Gasteiger charge is 2.34. The van der Waals surface area contributed by atoms with Crippen molar-refractivity contribution in [3.63, 3.8) is 0 Å². The molecule has 1 aliphatic heterocycles. The van der Waals surface area contributed by atoms with Crippen molar-refractivity contribution < 1.29 is 9.53 Å². The monoisotopic (exact) mass is 263 g/mol. The number of hydrogen-bond acceptors (Lipinski definition) is 3. The van der Waals surface area contributed by atoms with Crippen molar-refractivity contribution >= 4 is 5.91 Å². The number of carbonyl (C=O) groups excluding carboxylic acids is 1. The van der Waals surface area contributed by atoms with Crippen molar-refractivity contribution in [2.45, 2.75) is 51.2 Å². The predicted octanol–water partition coefficient (Wildman–Crippen LogP) is 1.47. The quantitative estimate of drug-likeness (QED) is 0.834. The van der Waals surface area contributed by atoms with Crippen molar-refractivity contribution in [3.8, 4) is 0 Å². The molecule has 3 rings (SSSR count). The van der Waals surface area contributed by atoms with E-state index in [2.05, 4.69) is 10.2 Å². The Morgan fingerprint density at radius 3 is 2.89 bits per heavy atom. The van der Waals surface area contributed by atoms with Crippen LogP contribution in [0, 0.1) is 0 Å². The summed E-state index contributed by atoms with van der Waals surface area (Å²) in [6.07, 6.45) is 5.08. The van der Waals surface area contributed by atoms with Gasteiger partial charge < -0.3 is 9.64 Å². The molecule has 0 aromatic carbocycles. The van der Waals surface area contributed by atoms with Gasteiger partial charge in [-0.3, -0.25) is 9.89 Å². The minimum atomic E-state index is -0.0139. The van der Waals surface area contributed by atoms with Crippen LogP contribution in [0.3, 0.4) is 0 Å². The van der Waals surface area contributed by atoms with Crippen LogP contribution in [0.1, 0.15) is 43.9 Å². The Hall–Kier alpha value is -1.36. The molecule has 1 N–H and O–H groups in total. The number of morpholine rings is 1. The zero-order valence-corrected chi connectivity index (χ0v) is 11.6. The molecule has 3 unspecified atom stereocenters. The van der Waals surface area contributed by atoms with E-state index in [4.69, 9.17) is 4.74 Å². The highest BCUT2D eigenvalue weighted by atomic mass is 16.5. The molecule has 1 fully saturated rings. The summed E-state index contributed by atoms with van der Waals surface area (Å²) in [4.78, 5) is 14.7. The molecule has 0 spiro atoms. The lowest BCUT2D eigenvalue weighted by Crippen LogP contribution is -2.49. The van der Waals surface area contributed by atoms with Gasteiger partial charge in [0.2, 0.25) is 5.91 Å². The molecule has 5 nitrogen and oxygen atoms in total. The number of H-pyrrole nitrogens is 1. The minimum Gasteiger partial charge on any atom is -0.372 e. The molecule has 1 amide bonds. The highest BCUT2D eigenvalue weighted by molar-refractivity contribution is 5.84. The van der Waals surface area contributed by atoms with Crippen LogP contribution in [-0.2, 0) is 16.0 Å². The number of aromatic nitrogens is 2. The second kappa shape index (κ2) is 4.96. The first kappa shape index (κ1) is 12.7. The van der Waals surface area contributed by atoms with E-state index < -0.39 is 0 Å². The van der Waals surface area contributed by atoms with Gasteiger partial charge in [-0.15, -0.1) is 0 Å². The van der Waals surface area contributed by atoms with Crippen LogP contribution in [0.25, 0.3) is 0 Å². The number of fused-ring (bicyclic) bond motifs is 1. The molecule has 1 aliphatic carbocycles. The first-order valence-electron chi connectivity index (χ1n) is 7.11. The third-order valence-electron chi connectivity index (χ3n) is 4.08. The van der Waals surface area contributed by atoms with Crippen LogP contribution in [0.2, 0.25) is 0 Å². The standard InChI is InChI=1S/C14H21N3O2/c1-9-7-17(8-10(2)19-9)14(18)11-4-3-5-13-12(11)6-15-16-13/h6,9-11H,3-5,7-8H2,1-2H3,(H,15,16). The molecular formula is C14H21N3O2. The van der Waals surface area contributed by atoms with Gasteiger partial charge in [-0.1, -0.05) is 0 Å². The normalized spacial score (nSPS) is 31.1. The summed E-state index contributed by atoms with van der Waals surface area (Å²) >= 11 is 0.